The van der Waals surface area contributed by atoms with Gasteiger partial charge in [-0.05, 0) is 49.0 Å². The average molecular weight is 398 g/mol. The molecule has 2 aromatic heterocycles. The van der Waals surface area contributed by atoms with E-state index in [1.807, 2.05) is 65.2 Å². The molecule has 1 aromatic carbocycles. The molecule has 4 rings (SSSR count). The van der Waals surface area contributed by atoms with Crippen LogP contribution in [0.25, 0.3) is 17.1 Å². The summed E-state index contributed by atoms with van der Waals surface area (Å²) in [7, 11) is 1.97. The molecule has 0 N–H and O–H groups in total. The fraction of sp³-hybridized carbons (Fsp3) is 0.333. The highest BCUT2D eigenvalue weighted by molar-refractivity contribution is 6.30. The first-order chi connectivity index (χ1) is 13.6. The summed E-state index contributed by atoms with van der Waals surface area (Å²) in [6, 6.07) is 13.3. The summed E-state index contributed by atoms with van der Waals surface area (Å²) < 4.78 is 3.73. The zero-order valence-corrected chi connectivity index (χ0v) is 16.9. The van der Waals surface area contributed by atoms with Gasteiger partial charge in [0.25, 0.3) is 5.91 Å². The number of piperazine rings is 1. The van der Waals surface area contributed by atoms with E-state index in [4.69, 9.17) is 16.7 Å². The van der Waals surface area contributed by atoms with Gasteiger partial charge >= 0.3 is 0 Å². The minimum atomic E-state index is 0.0127. The number of amides is 1. The van der Waals surface area contributed by atoms with E-state index in [-0.39, 0.29) is 5.91 Å². The number of hydrogen-bond acceptors (Lipinski definition) is 3. The van der Waals surface area contributed by atoms with E-state index in [1.165, 1.54) is 0 Å². The molecule has 146 valence electrons. The van der Waals surface area contributed by atoms with Crippen LogP contribution in [0.5, 0.6) is 0 Å². The number of carbonyl (C=O) groups excluding carboxylic acids is 1. The highest BCUT2D eigenvalue weighted by atomic mass is 35.5. The fourth-order valence-corrected chi connectivity index (χ4v) is 3.72. The first-order valence-corrected chi connectivity index (χ1v) is 9.94. The number of likely N-dealkylation sites (N-methyl/N-ethyl adjacent to an activating group) is 1. The Balaban J connectivity index is 1.72. The molecular formula is C21H24ClN5O. The maximum Gasteiger partial charge on any atom is 0.272 e. The Hall–Kier alpha value is -2.57. The quantitative estimate of drug-likeness (QED) is 0.678. The summed E-state index contributed by atoms with van der Waals surface area (Å²) in [5, 5.41) is 5.41. The molecule has 0 aliphatic carbocycles. The van der Waals surface area contributed by atoms with Crippen molar-refractivity contribution in [3.63, 3.8) is 0 Å². The third-order valence-corrected chi connectivity index (χ3v) is 5.56. The van der Waals surface area contributed by atoms with Crippen LogP contribution in [0.15, 0.2) is 48.7 Å². The summed E-state index contributed by atoms with van der Waals surface area (Å²) in [4.78, 5) is 17.6. The molecule has 0 unspecified atom stereocenters. The monoisotopic (exact) mass is 397 g/mol. The molecule has 1 saturated heterocycles. The Bertz CT molecular complexity index is 967. The Morgan fingerprint density at radius 2 is 1.82 bits per heavy atom. The standard InChI is InChI=1S/C21H24ClN5O/c1-3-25-11-13-26(14-12-25)21(28)20-15-18(19-5-4-10-24(19)2)23-27(20)17-8-6-16(22)7-9-17/h4-10,15H,3,11-14H2,1-2H3. The van der Waals surface area contributed by atoms with E-state index in [2.05, 4.69) is 11.8 Å². The number of hydrogen-bond donors (Lipinski definition) is 0. The molecule has 0 bridgehead atoms. The van der Waals surface area contributed by atoms with Gasteiger partial charge in [-0.1, -0.05) is 18.5 Å². The molecule has 0 atom stereocenters. The highest BCUT2D eigenvalue weighted by Gasteiger charge is 2.26. The molecule has 28 heavy (non-hydrogen) atoms. The molecule has 6 nitrogen and oxygen atoms in total. The van der Waals surface area contributed by atoms with E-state index < -0.39 is 0 Å². The lowest BCUT2D eigenvalue weighted by molar-refractivity contribution is 0.0634. The molecule has 0 saturated carbocycles. The van der Waals surface area contributed by atoms with Gasteiger partial charge in [0.05, 0.1) is 11.4 Å². The topological polar surface area (TPSA) is 46.3 Å². The van der Waals surface area contributed by atoms with Crippen LogP contribution in [0, 0.1) is 0 Å². The number of halogens is 1. The number of rotatable bonds is 4. The van der Waals surface area contributed by atoms with Crippen LogP contribution in [-0.2, 0) is 7.05 Å². The van der Waals surface area contributed by atoms with Crippen LogP contribution in [0.2, 0.25) is 5.02 Å². The van der Waals surface area contributed by atoms with Gasteiger partial charge in [-0.25, -0.2) is 4.68 Å². The normalized spacial score (nSPS) is 15.2. The number of carbonyl (C=O) groups is 1. The Morgan fingerprint density at radius 1 is 1.11 bits per heavy atom. The second-order valence-corrected chi connectivity index (χ2v) is 7.47. The van der Waals surface area contributed by atoms with Crippen LogP contribution in [-0.4, -0.2) is 62.8 Å². The van der Waals surface area contributed by atoms with Crippen molar-refractivity contribution in [2.24, 2.45) is 7.05 Å². The molecular weight excluding hydrogens is 374 g/mol. The van der Waals surface area contributed by atoms with Gasteiger partial charge in [0.1, 0.15) is 11.4 Å². The predicted molar refractivity (Wildman–Crippen MR) is 111 cm³/mol. The minimum absolute atomic E-state index is 0.0127. The second-order valence-electron chi connectivity index (χ2n) is 7.03. The Labute approximate surface area is 169 Å². The molecule has 1 aliphatic heterocycles. The van der Waals surface area contributed by atoms with Crippen molar-refractivity contribution in [2.45, 2.75) is 6.92 Å². The van der Waals surface area contributed by atoms with Crippen molar-refractivity contribution < 1.29 is 4.79 Å². The van der Waals surface area contributed by atoms with Gasteiger partial charge in [0, 0.05) is 44.4 Å². The van der Waals surface area contributed by atoms with Crippen LogP contribution < -0.4 is 0 Å². The van der Waals surface area contributed by atoms with Crippen molar-refractivity contribution in [2.75, 3.05) is 32.7 Å². The summed E-state index contributed by atoms with van der Waals surface area (Å²) in [5.74, 6) is 0.0127. The number of nitrogens with zero attached hydrogens (tertiary/aromatic N) is 5. The third-order valence-electron chi connectivity index (χ3n) is 5.31. The van der Waals surface area contributed by atoms with E-state index in [0.717, 1.165) is 49.8 Å². The van der Waals surface area contributed by atoms with E-state index >= 15 is 0 Å². The van der Waals surface area contributed by atoms with Crippen molar-refractivity contribution in [3.8, 4) is 17.1 Å². The van der Waals surface area contributed by atoms with E-state index in [9.17, 15) is 4.79 Å². The summed E-state index contributed by atoms with van der Waals surface area (Å²) >= 11 is 6.05. The van der Waals surface area contributed by atoms with Gasteiger partial charge in [-0.2, -0.15) is 5.10 Å². The molecule has 3 heterocycles. The smallest absolute Gasteiger partial charge is 0.272 e. The summed E-state index contributed by atoms with van der Waals surface area (Å²) in [5.41, 5.74) is 3.14. The number of aromatic nitrogens is 3. The zero-order valence-electron chi connectivity index (χ0n) is 16.2. The Kier molecular flexibility index (Phi) is 5.24. The van der Waals surface area contributed by atoms with Crippen LogP contribution in [0.1, 0.15) is 17.4 Å². The van der Waals surface area contributed by atoms with E-state index in [1.54, 1.807) is 4.68 Å². The number of aryl methyl sites for hydroxylation is 1. The SMILES string of the molecule is CCN1CCN(C(=O)c2cc(-c3cccn3C)nn2-c2ccc(Cl)cc2)CC1. The van der Waals surface area contributed by atoms with Crippen LogP contribution in [0.4, 0.5) is 0 Å². The highest BCUT2D eigenvalue weighted by Crippen LogP contribution is 2.24. The lowest BCUT2D eigenvalue weighted by atomic mass is 10.2. The molecule has 7 heteroatoms. The maximum atomic E-state index is 13.3. The molecule has 1 aliphatic rings. The van der Waals surface area contributed by atoms with Gasteiger partial charge in [0.15, 0.2) is 0 Å². The lowest BCUT2D eigenvalue weighted by Gasteiger charge is -2.34. The van der Waals surface area contributed by atoms with Crippen LogP contribution in [0.3, 0.4) is 0 Å². The molecule has 3 aromatic rings. The van der Waals surface area contributed by atoms with Crippen molar-refractivity contribution >= 4 is 17.5 Å². The zero-order chi connectivity index (χ0) is 19.7. The predicted octanol–water partition coefficient (Wildman–Crippen LogP) is 3.31. The van der Waals surface area contributed by atoms with Gasteiger partial charge < -0.3 is 14.4 Å². The molecule has 1 fully saturated rings. The largest absolute Gasteiger partial charge is 0.349 e. The summed E-state index contributed by atoms with van der Waals surface area (Å²) in [6.45, 7) is 6.45. The van der Waals surface area contributed by atoms with Crippen molar-refractivity contribution in [1.82, 2.24) is 24.1 Å². The average Bonchev–Trinajstić information content (AvgIpc) is 3.34. The fourth-order valence-electron chi connectivity index (χ4n) is 3.59. The van der Waals surface area contributed by atoms with E-state index in [0.29, 0.717) is 10.7 Å². The van der Waals surface area contributed by atoms with Crippen LogP contribution >= 0.6 is 11.6 Å². The molecule has 0 spiro atoms. The van der Waals surface area contributed by atoms with Gasteiger partial charge in [-0.3, -0.25) is 4.79 Å². The minimum Gasteiger partial charge on any atom is -0.349 e. The first kappa shape index (κ1) is 18.8. The lowest BCUT2D eigenvalue weighted by Crippen LogP contribution is -2.48. The third kappa shape index (κ3) is 3.57. The maximum absolute atomic E-state index is 13.3. The first-order valence-electron chi connectivity index (χ1n) is 9.56. The molecule has 1 amide bonds. The summed E-state index contributed by atoms with van der Waals surface area (Å²) in [6.07, 6.45) is 1.97. The number of benzene rings is 1. The second kappa shape index (κ2) is 7.81. The van der Waals surface area contributed by atoms with Crippen molar-refractivity contribution in [3.05, 3.63) is 59.4 Å². The van der Waals surface area contributed by atoms with Gasteiger partial charge in [-0.15, -0.1) is 0 Å². The van der Waals surface area contributed by atoms with Gasteiger partial charge in [0.2, 0.25) is 0 Å². The van der Waals surface area contributed by atoms with Crippen molar-refractivity contribution in [1.29, 1.82) is 0 Å². The molecule has 0 radical (unpaired) electrons. The Morgan fingerprint density at radius 3 is 2.43 bits per heavy atom.